The molecule has 1 spiro atoms. The van der Waals surface area contributed by atoms with E-state index in [2.05, 4.69) is 10.6 Å². The summed E-state index contributed by atoms with van der Waals surface area (Å²) in [6.07, 6.45) is 3.34. The number of rotatable bonds is 0. The molecule has 0 aromatic heterocycles. The molecule has 3 rings (SSSR count). The predicted molar refractivity (Wildman–Crippen MR) is 116 cm³/mol. The van der Waals surface area contributed by atoms with Crippen LogP contribution in [0.5, 0.6) is 5.75 Å². The highest BCUT2D eigenvalue weighted by atomic mass is 16.6. The highest BCUT2D eigenvalue weighted by molar-refractivity contribution is 5.96. The first-order chi connectivity index (χ1) is 14.3. The molecule has 30 heavy (non-hydrogen) atoms. The number of ether oxygens (including phenoxy) is 2. The zero-order valence-electron chi connectivity index (χ0n) is 18.5. The zero-order valence-corrected chi connectivity index (χ0v) is 18.5. The van der Waals surface area contributed by atoms with Crippen LogP contribution < -0.4 is 15.4 Å². The van der Waals surface area contributed by atoms with Crippen molar-refractivity contribution in [1.82, 2.24) is 15.5 Å². The molecule has 0 aliphatic carbocycles. The van der Waals surface area contributed by atoms with Gasteiger partial charge in [0.25, 0.3) is 5.91 Å². The third kappa shape index (κ3) is 6.11. The van der Waals surface area contributed by atoms with Crippen LogP contribution in [0.1, 0.15) is 56.8 Å². The van der Waals surface area contributed by atoms with Crippen molar-refractivity contribution >= 4 is 12.0 Å². The van der Waals surface area contributed by atoms with Gasteiger partial charge in [0.1, 0.15) is 11.4 Å². The molecule has 1 saturated heterocycles. The van der Waals surface area contributed by atoms with E-state index < -0.39 is 5.60 Å². The second-order valence-corrected chi connectivity index (χ2v) is 9.39. The van der Waals surface area contributed by atoms with Gasteiger partial charge in [0, 0.05) is 25.0 Å². The fourth-order valence-corrected chi connectivity index (χ4v) is 4.13. The van der Waals surface area contributed by atoms with E-state index >= 15 is 0 Å². The normalized spacial score (nSPS) is 23.8. The van der Waals surface area contributed by atoms with Gasteiger partial charge >= 0.3 is 6.09 Å². The highest BCUT2D eigenvalue weighted by Crippen LogP contribution is 2.34. The summed E-state index contributed by atoms with van der Waals surface area (Å²) in [6, 6.07) is 7.36. The molecule has 166 valence electrons. The van der Waals surface area contributed by atoms with E-state index in [9.17, 15) is 9.59 Å². The van der Waals surface area contributed by atoms with Crippen LogP contribution in [0.25, 0.3) is 0 Å². The van der Waals surface area contributed by atoms with Gasteiger partial charge in [-0.25, -0.2) is 4.79 Å². The molecule has 1 aromatic carbocycles. The molecule has 2 N–H and O–H groups in total. The van der Waals surface area contributed by atoms with Crippen molar-refractivity contribution in [3.05, 3.63) is 29.8 Å². The van der Waals surface area contributed by atoms with Gasteiger partial charge in [0.2, 0.25) is 0 Å². The summed E-state index contributed by atoms with van der Waals surface area (Å²) in [5, 5.41) is 6.61. The molecule has 2 heterocycles. The summed E-state index contributed by atoms with van der Waals surface area (Å²) >= 11 is 0. The van der Waals surface area contributed by atoms with Crippen LogP contribution in [0.15, 0.2) is 24.3 Å². The van der Waals surface area contributed by atoms with E-state index in [-0.39, 0.29) is 17.4 Å². The first kappa shape index (κ1) is 22.4. The number of hydrogen-bond donors (Lipinski definition) is 2. The Labute approximate surface area is 179 Å². The minimum absolute atomic E-state index is 0.133. The number of amides is 2. The minimum atomic E-state index is -0.522. The van der Waals surface area contributed by atoms with Gasteiger partial charge in [-0.3, -0.25) is 4.79 Å². The lowest BCUT2D eigenvalue weighted by molar-refractivity contribution is 0.00286. The Bertz CT molecular complexity index is 746. The quantitative estimate of drug-likeness (QED) is 0.678. The van der Waals surface area contributed by atoms with Crippen molar-refractivity contribution in [2.45, 2.75) is 52.1 Å². The number of carbonyl (C=O) groups excluding carboxylic acids is 2. The summed E-state index contributed by atoms with van der Waals surface area (Å²) in [5.74, 6) is 0.480. The predicted octanol–water partition coefficient (Wildman–Crippen LogP) is 3.20. The molecule has 2 aliphatic rings. The highest BCUT2D eigenvalue weighted by Gasteiger charge is 2.38. The van der Waals surface area contributed by atoms with Gasteiger partial charge in [-0.1, -0.05) is 12.1 Å². The Balaban J connectivity index is 1.76. The molecule has 1 fully saturated rings. The fourth-order valence-electron chi connectivity index (χ4n) is 4.13. The molecule has 1 unspecified atom stereocenters. The molecular weight excluding hydrogens is 382 g/mol. The minimum Gasteiger partial charge on any atom is -0.493 e. The van der Waals surface area contributed by atoms with Crippen LogP contribution in [0, 0.1) is 5.41 Å². The van der Waals surface area contributed by atoms with Crippen LogP contribution in [-0.2, 0) is 4.74 Å². The first-order valence-corrected chi connectivity index (χ1v) is 11.0. The number of para-hydroxylation sites is 1. The molecule has 2 amide bonds. The number of nitrogens with one attached hydrogen (secondary N) is 2. The van der Waals surface area contributed by atoms with Crippen molar-refractivity contribution in [2.75, 3.05) is 39.3 Å². The third-order valence-electron chi connectivity index (χ3n) is 5.66. The monoisotopic (exact) mass is 417 g/mol. The fraction of sp³-hybridized carbons (Fsp3) is 0.652. The number of likely N-dealkylation sites (tertiary alicyclic amines) is 1. The lowest BCUT2D eigenvalue weighted by Gasteiger charge is -2.43. The van der Waals surface area contributed by atoms with Crippen LogP contribution in [0.2, 0.25) is 0 Å². The van der Waals surface area contributed by atoms with E-state index in [0.717, 1.165) is 38.8 Å². The molecule has 2 aliphatic heterocycles. The Kier molecular flexibility index (Phi) is 7.23. The second-order valence-electron chi connectivity index (χ2n) is 9.39. The Morgan fingerprint density at radius 1 is 1.17 bits per heavy atom. The zero-order chi connectivity index (χ0) is 21.6. The van der Waals surface area contributed by atoms with Gasteiger partial charge in [-0.05, 0) is 71.7 Å². The molecule has 0 radical (unpaired) electrons. The van der Waals surface area contributed by atoms with E-state index in [1.807, 2.05) is 39.0 Å². The molecule has 7 nitrogen and oxygen atoms in total. The average Bonchev–Trinajstić information content (AvgIpc) is 2.71. The Morgan fingerprint density at radius 3 is 2.77 bits per heavy atom. The van der Waals surface area contributed by atoms with E-state index in [1.54, 1.807) is 11.0 Å². The molecule has 7 heteroatoms. The summed E-state index contributed by atoms with van der Waals surface area (Å²) < 4.78 is 11.4. The SMILES string of the molecule is CC(C)(C)OC(=O)N1CCCC2(CCNCCCOc3ccccc3C(=O)NC2)C1. The molecule has 1 aromatic rings. The van der Waals surface area contributed by atoms with Gasteiger partial charge in [-0.2, -0.15) is 0 Å². The summed E-state index contributed by atoms with van der Waals surface area (Å²) in [7, 11) is 0. The maximum Gasteiger partial charge on any atom is 0.410 e. The van der Waals surface area contributed by atoms with E-state index in [1.165, 1.54) is 0 Å². The molecular formula is C23H35N3O4. The molecule has 1 atom stereocenters. The lowest BCUT2D eigenvalue weighted by atomic mass is 9.76. The maximum absolute atomic E-state index is 12.9. The summed E-state index contributed by atoms with van der Waals surface area (Å²) in [5.41, 5.74) is -0.146. The van der Waals surface area contributed by atoms with E-state index in [0.29, 0.717) is 37.6 Å². The smallest absolute Gasteiger partial charge is 0.410 e. The van der Waals surface area contributed by atoms with Gasteiger partial charge in [-0.15, -0.1) is 0 Å². The maximum atomic E-state index is 12.9. The van der Waals surface area contributed by atoms with Crippen LogP contribution in [0.3, 0.4) is 0 Å². The summed E-state index contributed by atoms with van der Waals surface area (Å²) in [4.78, 5) is 27.4. The van der Waals surface area contributed by atoms with Crippen LogP contribution in [0.4, 0.5) is 4.79 Å². The first-order valence-electron chi connectivity index (χ1n) is 11.0. The number of fused-ring (bicyclic) bond motifs is 1. The Morgan fingerprint density at radius 2 is 1.97 bits per heavy atom. The molecule has 0 bridgehead atoms. The van der Waals surface area contributed by atoms with Crippen molar-refractivity contribution in [1.29, 1.82) is 0 Å². The number of benzene rings is 1. The van der Waals surface area contributed by atoms with Crippen molar-refractivity contribution in [3.8, 4) is 5.75 Å². The van der Waals surface area contributed by atoms with Crippen LogP contribution in [-0.4, -0.2) is 61.8 Å². The topological polar surface area (TPSA) is 79.9 Å². The Hall–Kier alpha value is -2.28. The van der Waals surface area contributed by atoms with Crippen LogP contribution >= 0.6 is 0 Å². The van der Waals surface area contributed by atoms with Crippen molar-refractivity contribution in [3.63, 3.8) is 0 Å². The number of carbonyl (C=O) groups is 2. The second kappa shape index (κ2) is 9.69. The standard InChI is InChI=1S/C23H35N3O4/c1-22(2,3)30-21(28)26-14-6-10-23(17-26)11-13-24-12-7-15-29-19-9-5-4-8-18(19)20(27)25-16-23/h4-5,8-9,24H,6-7,10-17H2,1-3H3,(H,25,27). The number of nitrogens with zero attached hydrogens (tertiary/aromatic N) is 1. The van der Waals surface area contributed by atoms with Crippen molar-refractivity contribution in [2.24, 2.45) is 5.41 Å². The van der Waals surface area contributed by atoms with Gasteiger partial charge < -0.3 is 25.0 Å². The number of piperidine rings is 1. The summed E-state index contributed by atoms with van der Waals surface area (Å²) in [6.45, 7) is 9.70. The third-order valence-corrected chi connectivity index (χ3v) is 5.66. The van der Waals surface area contributed by atoms with Crippen molar-refractivity contribution < 1.29 is 19.1 Å². The average molecular weight is 418 g/mol. The molecule has 0 saturated carbocycles. The van der Waals surface area contributed by atoms with E-state index in [4.69, 9.17) is 9.47 Å². The van der Waals surface area contributed by atoms with Gasteiger partial charge in [0.05, 0.1) is 12.2 Å². The van der Waals surface area contributed by atoms with Gasteiger partial charge in [0.15, 0.2) is 0 Å². The largest absolute Gasteiger partial charge is 0.493 e. The number of hydrogen-bond acceptors (Lipinski definition) is 5. The lowest BCUT2D eigenvalue weighted by Crippen LogP contribution is -2.52.